The molecule has 1 N–H and O–H groups in total. The summed E-state index contributed by atoms with van der Waals surface area (Å²) in [5.41, 5.74) is 1.04. The van der Waals surface area contributed by atoms with Gasteiger partial charge in [-0.1, -0.05) is 6.07 Å². The first-order valence-electron chi connectivity index (χ1n) is 9.57. The van der Waals surface area contributed by atoms with Gasteiger partial charge in [0, 0.05) is 18.3 Å². The molecule has 0 atom stereocenters. The first-order chi connectivity index (χ1) is 14.7. The molecule has 0 aliphatic carbocycles. The molecule has 1 heterocycles. The SMILES string of the molecule is CCS(=O)(=O)N1CCCc2ccc(NC(=O)c3cc(OC)c(OC)cc3[N+](=O)[O-])cc21. The molecule has 0 aromatic heterocycles. The van der Waals surface area contributed by atoms with Crippen molar-refractivity contribution in [1.29, 1.82) is 0 Å². The molecule has 1 aliphatic heterocycles. The number of fused-ring (bicyclic) bond motifs is 1. The third-order valence-corrected chi connectivity index (χ3v) is 6.84. The van der Waals surface area contributed by atoms with E-state index in [9.17, 15) is 23.3 Å². The lowest BCUT2D eigenvalue weighted by atomic mass is 10.0. The molecule has 1 amide bonds. The summed E-state index contributed by atoms with van der Waals surface area (Å²) < 4.78 is 36.5. The number of nitrogens with zero attached hydrogens (tertiary/aromatic N) is 2. The van der Waals surface area contributed by atoms with E-state index >= 15 is 0 Å². The van der Waals surface area contributed by atoms with Crippen LogP contribution in [0.25, 0.3) is 0 Å². The molecule has 3 rings (SSSR count). The van der Waals surface area contributed by atoms with Crippen LogP contribution in [0.1, 0.15) is 29.3 Å². The number of hydrogen-bond acceptors (Lipinski definition) is 7. The van der Waals surface area contributed by atoms with Gasteiger partial charge in [-0.15, -0.1) is 0 Å². The van der Waals surface area contributed by atoms with Gasteiger partial charge in [0.2, 0.25) is 10.0 Å². The van der Waals surface area contributed by atoms with Crippen LogP contribution in [-0.2, 0) is 16.4 Å². The molecule has 2 aromatic rings. The van der Waals surface area contributed by atoms with Crippen LogP contribution in [0.5, 0.6) is 11.5 Å². The molecule has 0 unspecified atom stereocenters. The van der Waals surface area contributed by atoms with Crippen molar-refractivity contribution in [2.75, 3.05) is 36.1 Å². The Labute approximate surface area is 180 Å². The van der Waals surface area contributed by atoms with Crippen molar-refractivity contribution in [2.45, 2.75) is 19.8 Å². The maximum atomic E-state index is 12.9. The fraction of sp³-hybridized carbons (Fsp3) is 0.350. The van der Waals surface area contributed by atoms with Crippen molar-refractivity contribution in [3.8, 4) is 11.5 Å². The van der Waals surface area contributed by atoms with E-state index < -0.39 is 26.5 Å². The number of rotatable bonds is 7. The highest BCUT2D eigenvalue weighted by molar-refractivity contribution is 7.92. The number of methoxy groups -OCH3 is 2. The molecule has 0 saturated carbocycles. The Kier molecular flexibility index (Phi) is 6.34. The topological polar surface area (TPSA) is 128 Å². The van der Waals surface area contributed by atoms with Crippen LogP contribution in [0, 0.1) is 10.1 Å². The Bertz CT molecular complexity index is 1130. The summed E-state index contributed by atoms with van der Waals surface area (Å²) in [6.45, 7) is 1.94. The zero-order chi connectivity index (χ0) is 22.8. The zero-order valence-corrected chi connectivity index (χ0v) is 18.2. The Morgan fingerprint density at radius 1 is 1.19 bits per heavy atom. The largest absolute Gasteiger partial charge is 0.493 e. The highest BCUT2D eigenvalue weighted by Crippen LogP contribution is 2.36. The van der Waals surface area contributed by atoms with Gasteiger partial charge in [-0.3, -0.25) is 19.2 Å². The number of sulfonamides is 1. The number of aryl methyl sites for hydroxylation is 1. The van der Waals surface area contributed by atoms with E-state index in [1.54, 1.807) is 25.1 Å². The van der Waals surface area contributed by atoms with E-state index in [0.717, 1.165) is 18.1 Å². The Balaban J connectivity index is 1.98. The van der Waals surface area contributed by atoms with Crippen LogP contribution >= 0.6 is 0 Å². The second kappa shape index (κ2) is 8.80. The maximum Gasteiger partial charge on any atom is 0.286 e. The van der Waals surface area contributed by atoms with Crippen LogP contribution in [-0.4, -0.2) is 45.8 Å². The highest BCUT2D eigenvalue weighted by Gasteiger charge is 2.28. The molecule has 10 nitrogen and oxygen atoms in total. The molecule has 166 valence electrons. The van der Waals surface area contributed by atoms with Crippen molar-refractivity contribution in [2.24, 2.45) is 0 Å². The number of carbonyl (C=O) groups is 1. The number of nitro benzene ring substituents is 1. The summed E-state index contributed by atoms with van der Waals surface area (Å²) in [4.78, 5) is 23.7. The van der Waals surface area contributed by atoms with E-state index in [2.05, 4.69) is 5.32 Å². The maximum absolute atomic E-state index is 12.9. The molecule has 0 radical (unpaired) electrons. The van der Waals surface area contributed by atoms with Gasteiger partial charge in [0.15, 0.2) is 11.5 Å². The van der Waals surface area contributed by atoms with Gasteiger partial charge in [-0.05, 0) is 37.5 Å². The Hall–Kier alpha value is -3.34. The number of anilines is 2. The molecule has 0 saturated heterocycles. The number of benzene rings is 2. The first kappa shape index (κ1) is 22.3. The van der Waals surface area contributed by atoms with E-state index in [-0.39, 0.29) is 22.8 Å². The number of amides is 1. The summed E-state index contributed by atoms with van der Waals surface area (Å²) in [6, 6.07) is 7.33. The van der Waals surface area contributed by atoms with Crippen molar-refractivity contribution >= 4 is 33.0 Å². The summed E-state index contributed by atoms with van der Waals surface area (Å²) in [5, 5.41) is 14.1. The number of carbonyl (C=O) groups excluding carboxylic acids is 1. The monoisotopic (exact) mass is 449 g/mol. The van der Waals surface area contributed by atoms with E-state index in [0.29, 0.717) is 24.3 Å². The molecule has 1 aliphatic rings. The molecule has 2 aromatic carbocycles. The smallest absolute Gasteiger partial charge is 0.286 e. The van der Waals surface area contributed by atoms with Crippen molar-refractivity contribution in [3.63, 3.8) is 0 Å². The minimum atomic E-state index is -3.47. The summed E-state index contributed by atoms with van der Waals surface area (Å²) in [7, 11) is -0.769. The third-order valence-electron chi connectivity index (χ3n) is 5.06. The Morgan fingerprint density at radius 3 is 2.48 bits per heavy atom. The van der Waals surface area contributed by atoms with Crippen LogP contribution in [0.3, 0.4) is 0 Å². The molecular weight excluding hydrogens is 426 g/mol. The van der Waals surface area contributed by atoms with Gasteiger partial charge < -0.3 is 14.8 Å². The lowest BCUT2D eigenvalue weighted by Crippen LogP contribution is -2.36. The fourth-order valence-corrected chi connectivity index (χ4v) is 4.65. The van der Waals surface area contributed by atoms with Crippen LogP contribution < -0.4 is 19.1 Å². The van der Waals surface area contributed by atoms with Crippen LogP contribution in [0.2, 0.25) is 0 Å². The molecule has 0 bridgehead atoms. The van der Waals surface area contributed by atoms with Gasteiger partial charge in [-0.2, -0.15) is 0 Å². The quantitative estimate of drug-likeness (QED) is 0.508. The lowest BCUT2D eigenvalue weighted by Gasteiger charge is -2.30. The minimum absolute atomic E-state index is 0.0408. The van der Waals surface area contributed by atoms with Crippen LogP contribution in [0.4, 0.5) is 17.1 Å². The number of hydrogen-bond donors (Lipinski definition) is 1. The highest BCUT2D eigenvalue weighted by atomic mass is 32.2. The number of ether oxygens (including phenoxy) is 2. The van der Waals surface area contributed by atoms with Crippen molar-refractivity contribution < 1.29 is 27.6 Å². The van der Waals surface area contributed by atoms with E-state index in [4.69, 9.17) is 9.47 Å². The summed E-state index contributed by atoms with van der Waals surface area (Å²) in [6.07, 6.45) is 1.43. The fourth-order valence-electron chi connectivity index (χ4n) is 3.46. The van der Waals surface area contributed by atoms with Crippen molar-refractivity contribution in [1.82, 2.24) is 0 Å². The van der Waals surface area contributed by atoms with Gasteiger partial charge in [0.1, 0.15) is 5.56 Å². The summed E-state index contributed by atoms with van der Waals surface area (Å²) in [5.74, 6) is -0.474. The molecular formula is C20H23N3O7S. The zero-order valence-electron chi connectivity index (χ0n) is 17.4. The average Bonchev–Trinajstić information content (AvgIpc) is 2.77. The predicted molar refractivity (Wildman–Crippen MR) is 116 cm³/mol. The Morgan fingerprint density at radius 2 is 1.87 bits per heavy atom. The average molecular weight is 449 g/mol. The van der Waals surface area contributed by atoms with E-state index in [1.807, 2.05) is 0 Å². The minimum Gasteiger partial charge on any atom is -0.493 e. The summed E-state index contributed by atoms with van der Waals surface area (Å²) >= 11 is 0. The lowest BCUT2D eigenvalue weighted by molar-refractivity contribution is -0.385. The van der Waals surface area contributed by atoms with E-state index in [1.165, 1.54) is 24.6 Å². The molecule has 31 heavy (non-hydrogen) atoms. The number of nitrogens with one attached hydrogen (secondary N) is 1. The predicted octanol–water partition coefficient (Wildman–Crippen LogP) is 2.97. The molecule has 11 heteroatoms. The van der Waals surface area contributed by atoms with Crippen LogP contribution in [0.15, 0.2) is 30.3 Å². The number of nitro groups is 1. The van der Waals surface area contributed by atoms with Gasteiger partial charge >= 0.3 is 0 Å². The third kappa shape index (κ3) is 4.41. The van der Waals surface area contributed by atoms with Gasteiger partial charge in [-0.25, -0.2) is 8.42 Å². The van der Waals surface area contributed by atoms with Gasteiger partial charge in [0.05, 0.1) is 36.6 Å². The van der Waals surface area contributed by atoms with Crippen molar-refractivity contribution in [3.05, 3.63) is 51.6 Å². The molecule has 0 spiro atoms. The molecule has 0 fully saturated rings. The normalized spacial score (nSPS) is 13.3. The standard InChI is InChI=1S/C20H23N3O7S/c1-4-31(27,28)22-9-5-6-13-7-8-14(10-16(13)22)21-20(24)15-11-18(29-2)19(30-3)12-17(15)23(25)26/h7-8,10-12H,4-6,9H2,1-3H3,(H,21,24). The first-order valence-corrected chi connectivity index (χ1v) is 11.2. The van der Waals surface area contributed by atoms with Gasteiger partial charge in [0.25, 0.3) is 11.6 Å². The second-order valence-corrected chi connectivity index (χ2v) is 9.04. The second-order valence-electron chi connectivity index (χ2n) is 6.86.